The molecule has 0 fully saturated rings. The van der Waals surface area contributed by atoms with Crippen molar-refractivity contribution in [2.75, 3.05) is 12.4 Å². The predicted molar refractivity (Wildman–Crippen MR) is 109 cm³/mol. The molecule has 0 saturated heterocycles. The van der Waals surface area contributed by atoms with Crippen LogP contribution in [0.3, 0.4) is 0 Å². The van der Waals surface area contributed by atoms with E-state index in [1.54, 1.807) is 19.3 Å². The Morgan fingerprint density at radius 2 is 2.00 bits per heavy atom. The average Bonchev–Trinajstić information content (AvgIpc) is 3.15. The van der Waals surface area contributed by atoms with Crippen LogP contribution in [-0.4, -0.2) is 50.2 Å². The van der Waals surface area contributed by atoms with Crippen molar-refractivity contribution in [3.05, 3.63) is 35.8 Å². The lowest BCUT2D eigenvalue weighted by Crippen LogP contribution is -2.50. The van der Waals surface area contributed by atoms with E-state index in [0.29, 0.717) is 35.1 Å². The third kappa shape index (κ3) is 4.58. The van der Waals surface area contributed by atoms with Crippen molar-refractivity contribution < 1.29 is 14.3 Å². The number of urea groups is 1. The van der Waals surface area contributed by atoms with Gasteiger partial charge in [-0.25, -0.2) is 9.59 Å². The first-order chi connectivity index (χ1) is 14.1. The maximum Gasteiger partial charge on any atom is 0.337 e. The fourth-order valence-corrected chi connectivity index (χ4v) is 4.08. The van der Waals surface area contributed by atoms with Gasteiger partial charge in [0.1, 0.15) is 0 Å². The second kappa shape index (κ2) is 9.55. The normalized spacial score (nSPS) is 16.4. The van der Waals surface area contributed by atoms with Gasteiger partial charge in [0.25, 0.3) is 0 Å². The van der Waals surface area contributed by atoms with Gasteiger partial charge < -0.3 is 19.9 Å². The summed E-state index contributed by atoms with van der Waals surface area (Å²) in [5.41, 5.74) is 1.92. The molecule has 0 saturated carbocycles. The van der Waals surface area contributed by atoms with E-state index in [2.05, 4.69) is 25.8 Å². The van der Waals surface area contributed by atoms with Crippen LogP contribution in [0, 0.1) is 0 Å². The van der Waals surface area contributed by atoms with Crippen molar-refractivity contribution in [1.29, 1.82) is 0 Å². The van der Waals surface area contributed by atoms with Crippen LogP contribution in [0.4, 0.5) is 4.79 Å². The molecule has 2 N–H and O–H groups in total. The summed E-state index contributed by atoms with van der Waals surface area (Å²) in [4.78, 5) is 28.6. The Labute approximate surface area is 173 Å². The number of hydrogen-bond acceptors (Lipinski definition) is 7. The number of nitrogens with one attached hydrogen (secondary N) is 2. The number of aromatic nitrogens is 4. The molecular formula is C19H24N6O3S. The van der Waals surface area contributed by atoms with Gasteiger partial charge in [-0.15, -0.1) is 10.2 Å². The van der Waals surface area contributed by atoms with E-state index in [1.807, 2.05) is 30.5 Å². The van der Waals surface area contributed by atoms with Crippen LogP contribution in [0.25, 0.3) is 11.4 Å². The third-order valence-electron chi connectivity index (χ3n) is 4.46. The molecule has 0 unspecified atom stereocenters. The van der Waals surface area contributed by atoms with Crippen LogP contribution in [0.1, 0.15) is 27.2 Å². The van der Waals surface area contributed by atoms with Crippen molar-refractivity contribution in [2.45, 2.75) is 44.9 Å². The van der Waals surface area contributed by atoms with Gasteiger partial charge in [0.15, 0.2) is 11.0 Å². The lowest BCUT2D eigenvalue weighted by molar-refractivity contribution is -0.139. The maximum absolute atomic E-state index is 12.5. The van der Waals surface area contributed by atoms with Gasteiger partial charge in [0.2, 0.25) is 0 Å². The number of ether oxygens (including phenoxy) is 1. The van der Waals surface area contributed by atoms with Gasteiger partial charge in [-0.1, -0.05) is 18.7 Å². The smallest absolute Gasteiger partial charge is 0.337 e. The number of hydrogen-bond donors (Lipinski definition) is 2. The van der Waals surface area contributed by atoms with Gasteiger partial charge in [0, 0.05) is 36.0 Å². The highest BCUT2D eigenvalue weighted by Gasteiger charge is 2.31. The van der Waals surface area contributed by atoms with Crippen molar-refractivity contribution in [3.63, 3.8) is 0 Å². The summed E-state index contributed by atoms with van der Waals surface area (Å²) in [6.07, 6.45) is 4.01. The van der Waals surface area contributed by atoms with E-state index < -0.39 is 5.97 Å². The Morgan fingerprint density at radius 3 is 2.66 bits per heavy atom. The van der Waals surface area contributed by atoms with Crippen LogP contribution >= 0.6 is 11.8 Å². The monoisotopic (exact) mass is 416 g/mol. The largest absolute Gasteiger partial charge is 0.463 e. The molecule has 0 aliphatic carbocycles. The lowest BCUT2D eigenvalue weighted by atomic mass is 10.0. The molecule has 1 aliphatic rings. The zero-order valence-corrected chi connectivity index (χ0v) is 17.5. The number of thioether (sulfide) groups is 1. The van der Waals surface area contributed by atoms with Crippen LogP contribution in [0.15, 0.2) is 41.0 Å². The molecule has 2 aromatic heterocycles. The summed E-state index contributed by atoms with van der Waals surface area (Å²) >= 11 is 1.41. The quantitative estimate of drug-likeness (QED) is 0.502. The Bertz CT molecular complexity index is 912. The van der Waals surface area contributed by atoms with Crippen molar-refractivity contribution in [2.24, 2.45) is 0 Å². The predicted octanol–water partition coefficient (Wildman–Crippen LogP) is 2.36. The fourth-order valence-electron chi connectivity index (χ4n) is 3.11. The van der Waals surface area contributed by atoms with E-state index >= 15 is 0 Å². The molecule has 0 spiro atoms. The number of amides is 2. The van der Waals surface area contributed by atoms with Crippen LogP contribution < -0.4 is 10.6 Å². The van der Waals surface area contributed by atoms with E-state index in [0.717, 1.165) is 11.4 Å². The molecule has 0 radical (unpaired) electrons. The second-order valence-corrected chi connectivity index (χ2v) is 7.19. The Kier molecular flexibility index (Phi) is 6.86. The van der Waals surface area contributed by atoms with E-state index in [1.165, 1.54) is 11.8 Å². The first kappa shape index (κ1) is 20.8. The third-order valence-corrected chi connectivity index (χ3v) is 5.46. The van der Waals surface area contributed by atoms with Gasteiger partial charge >= 0.3 is 12.0 Å². The minimum absolute atomic E-state index is 0.270. The Balaban J connectivity index is 1.87. The first-order valence-corrected chi connectivity index (χ1v) is 10.5. The van der Waals surface area contributed by atoms with Crippen molar-refractivity contribution >= 4 is 23.8 Å². The van der Waals surface area contributed by atoms with E-state index in [-0.39, 0.29) is 18.7 Å². The standard InChI is InChI=1S/C19H24N6O3S/c1-4-13-15(17(26)28-6-3)14(22-18(27)21-13)11-29-19-24-23-16(25(19)5-2)12-7-9-20-10-8-12/h7-10,13H,4-6,11H2,1-3H3,(H2,21,22,27)/t13-/m1/s1. The second-order valence-electron chi connectivity index (χ2n) is 6.25. The Hall–Kier alpha value is -2.88. The molecule has 2 amide bonds. The highest BCUT2D eigenvalue weighted by Crippen LogP contribution is 2.27. The minimum Gasteiger partial charge on any atom is -0.463 e. The summed E-state index contributed by atoms with van der Waals surface area (Å²) in [6.45, 7) is 6.64. The summed E-state index contributed by atoms with van der Waals surface area (Å²) in [7, 11) is 0. The average molecular weight is 417 g/mol. The summed E-state index contributed by atoms with van der Waals surface area (Å²) < 4.78 is 7.19. The fraction of sp³-hybridized carbons (Fsp3) is 0.421. The summed E-state index contributed by atoms with van der Waals surface area (Å²) in [5, 5.41) is 14.8. The van der Waals surface area contributed by atoms with Crippen molar-refractivity contribution in [3.8, 4) is 11.4 Å². The molecule has 9 nitrogen and oxygen atoms in total. The molecule has 154 valence electrons. The molecule has 29 heavy (non-hydrogen) atoms. The van der Waals surface area contributed by atoms with E-state index in [9.17, 15) is 9.59 Å². The molecule has 0 bridgehead atoms. The van der Waals surface area contributed by atoms with Crippen LogP contribution in [0.5, 0.6) is 0 Å². The highest BCUT2D eigenvalue weighted by atomic mass is 32.2. The molecule has 1 atom stereocenters. The van der Waals surface area contributed by atoms with Gasteiger partial charge in [0.05, 0.1) is 18.2 Å². The van der Waals surface area contributed by atoms with Gasteiger partial charge in [-0.3, -0.25) is 4.98 Å². The van der Waals surface area contributed by atoms with E-state index in [4.69, 9.17) is 4.74 Å². The zero-order valence-electron chi connectivity index (χ0n) is 16.6. The number of esters is 1. The van der Waals surface area contributed by atoms with Crippen molar-refractivity contribution in [1.82, 2.24) is 30.4 Å². The van der Waals surface area contributed by atoms with Gasteiger partial charge in [-0.05, 0) is 32.4 Å². The highest BCUT2D eigenvalue weighted by molar-refractivity contribution is 7.99. The lowest BCUT2D eigenvalue weighted by Gasteiger charge is -2.28. The molecule has 2 aromatic rings. The number of pyridine rings is 1. The number of carbonyl (C=O) groups excluding carboxylic acids is 2. The number of rotatable bonds is 8. The summed E-state index contributed by atoms with van der Waals surface area (Å²) in [5.74, 6) is 0.696. The van der Waals surface area contributed by atoms with Crippen LogP contribution in [-0.2, 0) is 16.1 Å². The molecule has 10 heteroatoms. The molecular weight excluding hydrogens is 392 g/mol. The summed E-state index contributed by atoms with van der Waals surface area (Å²) in [6, 6.07) is 3.06. The molecule has 1 aliphatic heterocycles. The molecule has 3 rings (SSSR count). The topological polar surface area (TPSA) is 111 Å². The zero-order chi connectivity index (χ0) is 20.8. The SMILES string of the molecule is CCOC(=O)C1=C(CSc2nnc(-c3ccncc3)n2CC)NC(=O)N[C@@H]1CC. The number of carbonyl (C=O) groups is 2. The van der Waals surface area contributed by atoms with Crippen LogP contribution in [0.2, 0.25) is 0 Å². The van der Waals surface area contributed by atoms with Gasteiger partial charge in [-0.2, -0.15) is 0 Å². The minimum atomic E-state index is -0.420. The molecule has 0 aromatic carbocycles. The first-order valence-electron chi connectivity index (χ1n) is 9.53. The molecule has 3 heterocycles. The Morgan fingerprint density at radius 1 is 1.24 bits per heavy atom. The number of nitrogens with zero attached hydrogens (tertiary/aromatic N) is 4. The maximum atomic E-state index is 12.5.